The van der Waals surface area contributed by atoms with Crippen molar-refractivity contribution in [1.82, 2.24) is 20.6 Å². The summed E-state index contributed by atoms with van der Waals surface area (Å²) in [6.07, 6.45) is 13.2. The second-order valence-corrected chi connectivity index (χ2v) is 8.32. The molecule has 2 saturated carbocycles. The van der Waals surface area contributed by atoms with Gasteiger partial charge in [0.15, 0.2) is 5.82 Å². The quantitative estimate of drug-likeness (QED) is 0.759. The lowest BCUT2D eigenvalue weighted by atomic mass is 10.0. The number of allylic oxidation sites excluding steroid dienone is 4. The van der Waals surface area contributed by atoms with Crippen LogP contribution >= 0.6 is 0 Å². The molecule has 2 N–H and O–H groups in total. The maximum Gasteiger partial charge on any atom is 0.255 e. The first-order valence-corrected chi connectivity index (χ1v) is 10.6. The van der Waals surface area contributed by atoms with Crippen LogP contribution in [0.2, 0.25) is 0 Å². The Morgan fingerprint density at radius 3 is 2.83 bits per heavy atom. The van der Waals surface area contributed by atoms with Crippen molar-refractivity contribution in [2.45, 2.75) is 44.1 Å². The summed E-state index contributed by atoms with van der Waals surface area (Å²) in [5, 5.41) is 6.77. The first kappa shape index (κ1) is 18.3. The minimum atomic E-state index is -0.0449. The summed E-state index contributed by atoms with van der Waals surface area (Å²) in [7, 11) is 0. The van der Waals surface area contributed by atoms with Crippen molar-refractivity contribution in [2.75, 3.05) is 6.54 Å². The Labute approximate surface area is 171 Å². The standard InChI is InChI=1S/C24H26N4O/c29-24(28-20-7-2-5-18(13-20)23-25-10-3-11-26-23)19-6-1-4-17(12-19)21-14-22(21)27-15-16-8-9-16/h1,3-6,10-13,16,21-22,27H,2,7-9,14-15H2,(H,28,29). The van der Waals surface area contributed by atoms with E-state index >= 15 is 0 Å². The first-order chi connectivity index (χ1) is 14.3. The normalized spacial score (nSPS) is 23.2. The third kappa shape index (κ3) is 4.46. The van der Waals surface area contributed by atoms with Gasteiger partial charge in [0.1, 0.15) is 0 Å². The molecule has 0 spiro atoms. The molecule has 1 aromatic heterocycles. The molecular formula is C24H26N4O. The second-order valence-electron chi connectivity index (χ2n) is 8.32. The van der Waals surface area contributed by atoms with Crippen molar-refractivity contribution in [3.63, 3.8) is 0 Å². The van der Waals surface area contributed by atoms with E-state index in [1.54, 1.807) is 18.5 Å². The Morgan fingerprint density at radius 1 is 1.14 bits per heavy atom. The predicted octanol–water partition coefficient (Wildman–Crippen LogP) is 3.82. The molecule has 2 fully saturated rings. The number of carbonyl (C=O) groups is 1. The molecule has 2 aromatic rings. The number of aromatic nitrogens is 2. The third-order valence-electron chi connectivity index (χ3n) is 5.94. The molecular weight excluding hydrogens is 360 g/mol. The molecule has 5 nitrogen and oxygen atoms in total. The predicted molar refractivity (Wildman–Crippen MR) is 113 cm³/mol. The highest BCUT2D eigenvalue weighted by molar-refractivity contribution is 5.96. The Kier molecular flexibility index (Phi) is 4.98. The highest BCUT2D eigenvalue weighted by atomic mass is 16.1. The van der Waals surface area contributed by atoms with Crippen LogP contribution in [0.5, 0.6) is 0 Å². The third-order valence-corrected chi connectivity index (χ3v) is 5.94. The van der Waals surface area contributed by atoms with Crippen LogP contribution in [0.25, 0.3) is 5.57 Å². The highest BCUT2D eigenvalue weighted by Gasteiger charge is 2.39. The van der Waals surface area contributed by atoms with Gasteiger partial charge in [-0.1, -0.05) is 18.2 Å². The molecule has 0 saturated heterocycles. The Hall–Kier alpha value is -2.79. The molecule has 1 amide bonds. The van der Waals surface area contributed by atoms with Crippen LogP contribution in [-0.4, -0.2) is 28.5 Å². The maximum atomic E-state index is 12.8. The van der Waals surface area contributed by atoms with Crippen LogP contribution in [0.15, 0.2) is 60.6 Å². The molecule has 0 aliphatic heterocycles. The average Bonchev–Trinajstić information content (AvgIpc) is 3.68. The van der Waals surface area contributed by atoms with E-state index in [1.807, 2.05) is 18.2 Å². The summed E-state index contributed by atoms with van der Waals surface area (Å²) in [5.41, 5.74) is 3.87. The van der Waals surface area contributed by atoms with Gasteiger partial charge in [-0.3, -0.25) is 4.79 Å². The van der Waals surface area contributed by atoms with E-state index in [2.05, 4.69) is 38.8 Å². The first-order valence-electron chi connectivity index (χ1n) is 10.6. The fourth-order valence-corrected chi connectivity index (χ4v) is 3.96. The van der Waals surface area contributed by atoms with Gasteiger partial charge >= 0.3 is 0 Å². The summed E-state index contributed by atoms with van der Waals surface area (Å²) >= 11 is 0. The van der Waals surface area contributed by atoms with Crippen LogP contribution in [0.3, 0.4) is 0 Å². The lowest BCUT2D eigenvalue weighted by molar-refractivity contribution is 0.0964. The monoisotopic (exact) mass is 386 g/mol. The zero-order valence-electron chi connectivity index (χ0n) is 16.5. The summed E-state index contributed by atoms with van der Waals surface area (Å²) in [4.78, 5) is 21.5. The smallest absolute Gasteiger partial charge is 0.255 e. The van der Waals surface area contributed by atoms with Gasteiger partial charge in [0.25, 0.3) is 5.91 Å². The number of nitrogens with one attached hydrogen (secondary N) is 2. The summed E-state index contributed by atoms with van der Waals surface area (Å²) in [5.74, 6) is 2.09. The molecule has 3 aliphatic carbocycles. The number of hydrogen-bond acceptors (Lipinski definition) is 4. The molecule has 0 bridgehead atoms. The summed E-state index contributed by atoms with van der Waals surface area (Å²) < 4.78 is 0. The molecule has 148 valence electrons. The molecule has 0 radical (unpaired) electrons. The van der Waals surface area contributed by atoms with Gasteiger partial charge in [-0.2, -0.15) is 0 Å². The Bertz CT molecular complexity index is 962. The number of hydrogen-bond donors (Lipinski definition) is 2. The second kappa shape index (κ2) is 7.91. The molecule has 3 aliphatic rings. The number of carbonyl (C=O) groups excluding carboxylic acids is 1. The Morgan fingerprint density at radius 2 is 2.00 bits per heavy atom. The highest BCUT2D eigenvalue weighted by Crippen LogP contribution is 2.41. The van der Waals surface area contributed by atoms with Gasteiger partial charge in [0.2, 0.25) is 0 Å². The van der Waals surface area contributed by atoms with Crippen molar-refractivity contribution >= 4 is 11.5 Å². The van der Waals surface area contributed by atoms with Crippen LogP contribution < -0.4 is 10.6 Å². The number of amides is 1. The lowest BCUT2D eigenvalue weighted by Crippen LogP contribution is -2.24. The van der Waals surface area contributed by atoms with Crippen molar-refractivity contribution in [3.05, 3.63) is 77.5 Å². The molecule has 2 unspecified atom stereocenters. The lowest BCUT2D eigenvalue weighted by Gasteiger charge is -2.15. The summed E-state index contributed by atoms with van der Waals surface area (Å²) in [6.45, 7) is 1.15. The zero-order valence-corrected chi connectivity index (χ0v) is 16.5. The van der Waals surface area contributed by atoms with Crippen LogP contribution in [0, 0.1) is 5.92 Å². The fourth-order valence-electron chi connectivity index (χ4n) is 3.96. The SMILES string of the molecule is O=C(NC1=CC(c2ncccn2)=CCC1)c1cccc(C2CC2NCC2CC2)c1. The van der Waals surface area contributed by atoms with E-state index in [9.17, 15) is 4.79 Å². The fraction of sp³-hybridized carbons (Fsp3) is 0.375. The van der Waals surface area contributed by atoms with Gasteiger partial charge in [0, 0.05) is 41.2 Å². The molecule has 1 heterocycles. The number of benzene rings is 1. The van der Waals surface area contributed by atoms with Gasteiger partial charge < -0.3 is 10.6 Å². The molecule has 5 rings (SSSR count). The average molecular weight is 386 g/mol. The van der Waals surface area contributed by atoms with Crippen molar-refractivity contribution in [2.24, 2.45) is 5.92 Å². The zero-order chi connectivity index (χ0) is 19.6. The minimum Gasteiger partial charge on any atom is -0.326 e. The molecule has 5 heteroatoms. The van der Waals surface area contributed by atoms with E-state index in [4.69, 9.17) is 0 Å². The van der Waals surface area contributed by atoms with Gasteiger partial charge in [0.05, 0.1) is 0 Å². The topological polar surface area (TPSA) is 66.9 Å². The van der Waals surface area contributed by atoms with Crippen LogP contribution in [-0.2, 0) is 0 Å². The van der Waals surface area contributed by atoms with Crippen LogP contribution in [0.4, 0.5) is 0 Å². The molecule has 2 atom stereocenters. The molecule has 1 aromatic carbocycles. The van der Waals surface area contributed by atoms with Crippen molar-refractivity contribution in [1.29, 1.82) is 0 Å². The largest absolute Gasteiger partial charge is 0.326 e. The van der Waals surface area contributed by atoms with E-state index < -0.39 is 0 Å². The van der Waals surface area contributed by atoms with Crippen molar-refractivity contribution < 1.29 is 4.79 Å². The number of rotatable bonds is 7. The Balaban J connectivity index is 1.23. The summed E-state index contributed by atoms with van der Waals surface area (Å²) in [6, 6.07) is 10.5. The van der Waals surface area contributed by atoms with E-state index in [0.717, 1.165) is 42.1 Å². The van der Waals surface area contributed by atoms with Gasteiger partial charge in [-0.15, -0.1) is 0 Å². The molecule has 29 heavy (non-hydrogen) atoms. The van der Waals surface area contributed by atoms with E-state index in [-0.39, 0.29) is 5.91 Å². The van der Waals surface area contributed by atoms with E-state index in [1.165, 1.54) is 24.8 Å². The maximum absolute atomic E-state index is 12.8. The van der Waals surface area contributed by atoms with Crippen LogP contribution in [0.1, 0.15) is 59.8 Å². The number of nitrogens with zero attached hydrogens (tertiary/aromatic N) is 2. The van der Waals surface area contributed by atoms with Gasteiger partial charge in [-0.05, 0) is 74.4 Å². The minimum absolute atomic E-state index is 0.0449. The van der Waals surface area contributed by atoms with E-state index in [0.29, 0.717) is 17.8 Å². The van der Waals surface area contributed by atoms with Crippen molar-refractivity contribution in [3.8, 4) is 0 Å². The van der Waals surface area contributed by atoms with Gasteiger partial charge in [-0.25, -0.2) is 9.97 Å².